The van der Waals surface area contributed by atoms with Gasteiger partial charge in [-0.3, -0.25) is 0 Å². The highest BCUT2D eigenvalue weighted by Gasteiger charge is 2.28. The summed E-state index contributed by atoms with van der Waals surface area (Å²) in [4.78, 5) is 0. The molecule has 0 heterocycles. The highest BCUT2D eigenvalue weighted by Crippen LogP contribution is 2.31. The van der Waals surface area contributed by atoms with Gasteiger partial charge in [-0.05, 0) is 49.4 Å². The molecule has 0 saturated heterocycles. The third-order valence-corrected chi connectivity index (χ3v) is 3.22. The van der Waals surface area contributed by atoms with Crippen LogP contribution in [0.2, 0.25) is 5.02 Å². The molecule has 82 valence electrons. The van der Waals surface area contributed by atoms with Gasteiger partial charge in [0.25, 0.3) is 0 Å². The van der Waals surface area contributed by atoms with Crippen molar-refractivity contribution in [3.8, 4) is 5.75 Å². The fraction of sp³-hybridized carbons (Fsp3) is 0.500. The van der Waals surface area contributed by atoms with Crippen molar-refractivity contribution in [3.63, 3.8) is 0 Å². The van der Waals surface area contributed by atoms with Gasteiger partial charge in [0.1, 0.15) is 12.4 Å². The molecule has 3 heteroatoms. The smallest absolute Gasteiger partial charge is 0.119 e. The second kappa shape index (κ2) is 4.42. The highest BCUT2D eigenvalue weighted by molar-refractivity contribution is 6.31. The van der Waals surface area contributed by atoms with Gasteiger partial charge in [0.15, 0.2) is 0 Å². The number of rotatable bonds is 4. The number of hydrogen-bond acceptors (Lipinski definition) is 2. The predicted molar refractivity (Wildman–Crippen MR) is 62.4 cm³/mol. The normalized spacial score (nSPS) is 17.5. The van der Waals surface area contributed by atoms with Crippen molar-refractivity contribution in [1.82, 2.24) is 0 Å². The van der Waals surface area contributed by atoms with Crippen molar-refractivity contribution in [2.75, 3.05) is 6.61 Å². The van der Waals surface area contributed by atoms with Crippen molar-refractivity contribution < 1.29 is 4.74 Å². The van der Waals surface area contributed by atoms with Gasteiger partial charge in [0.2, 0.25) is 0 Å². The molecule has 0 aliphatic heterocycles. The Morgan fingerprint density at radius 2 is 2.27 bits per heavy atom. The van der Waals surface area contributed by atoms with Crippen molar-refractivity contribution in [1.29, 1.82) is 0 Å². The van der Waals surface area contributed by atoms with E-state index in [1.54, 1.807) is 0 Å². The second-order valence-corrected chi connectivity index (χ2v) is 4.63. The van der Waals surface area contributed by atoms with Crippen LogP contribution < -0.4 is 10.5 Å². The van der Waals surface area contributed by atoms with Crippen molar-refractivity contribution in [2.45, 2.75) is 25.8 Å². The van der Waals surface area contributed by atoms with Crippen LogP contribution in [-0.2, 0) is 0 Å². The van der Waals surface area contributed by atoms with E-state index in [9.17, 15) is 0 Å². The minimum atomic E-state index is 0.181. The number of ether oxygens (including phenoxy) is 1. The van der Waals surface area contributed by atoms with Crippen molar-refractivity contribution in [3.05, 3.63) is 28.8 Å². The van der Waals surface area contributed by atoms with E-state index in [4.69, 9.17) is 22.1 Å². The van der Waals surface area contributed by atoms with E-state index in [2.05, 4.69) is 0 Å². The zero-order valence-electron chi connectivity index (χ0n) is 8.87. The Kier molecular flexibility index (Phi) is 3.17. The minimum Gasteiger partial charge on any atom is -0.492 e. The summed E-state index contributed by atoms with van der Waals surface area (Å²) >= 11 is 5.92. The van der Waals surface area contributed by atoms with Crippen LogP contribution in [0.5, 0.6) is 5.75 Å². The minimum absolute atomic E-state index is 0.181. The molecule has 1 saturated carbocycles. The Hall–Kier alpha value is -0.730. The van der Waals surface area contributed by atoms with Crippen LogP contribution in [0.4, 0.5) is 0 Å². The first-order chi connectivity index (χ1) is 7.16. The third-order valence-electron chi connectivity index (χ3n) is 2.80. The Morgan fingerprint density at radius 3 is 2.87 bits per heavy atom. The summed E-state index contributed by atoms with van der Waals surface area (Å²) in [5, 5.41) is 0.772. The van der Waals surface area contributed by atoms with E-state index in [1.165, 1.54) is 12.8 Å². The molecule has 1 fully saturated rings. The number of hydrogen-bond donors (Lipinski definition) is 1. The SMILES string of the molecule is Cc1cc(OC[C@@H](N)C2CC2)ccc1Cl. The lowest BCUT2D eigenvalue weighted by Gasteiger charge is -2.12. The molecule has 15 heavy (non-hydrogen) atoms. The van der Waals surface area contributed by atoms with E-state index in [0.29, 0.717) is 12.5 Å². The van der Waals surface area contributed by atoms with E-state index in [-0.39, 0.29) is 6.04 Å². The van der Waals surface area contributed by atoms with E-state index in [0.717, 1.165) is 16.3 Å². The Morgan fingerprint density at radius 1 is 1.53 bits per heavy atom. The molecule has 2 nitrogen and oxygen atoms in total. The molecule has 1 aromatic carbocycles. The van der Waals surface area contributed by atoms with Crippen LogP contribution in [0.25, 0.3) is 0 Å². The fourth-order valence-corrected chi connectivity index (χ4v) is 1.68. The molecule has 2 N–H and O–H groups in total. The lowest BCUT2D eigenvalue weighted by molar-refractivity contribution is 0.276. The molecule has 0 amide bonds. The van der Waals surface area contributed by atoms with Crippen LogP contribution in [0, 0.1) is 12.8 Å². The molecule has 2 rings (SSSR count). The molecule has 1 aliphatic carbocycles. The number of aryl methyl sites for hydroxylation is 1. The molecular formula is C12H16ClNO. The summed E-state index contributed by atoms with van der Waals surface area (Å²) in [6, 6.07) is 5.87. The molecule has 0 aromatic heterocycles. The van der Waals surface area contributed by atoms with Crippen LogP contribution >= 0.6 is 11.6 Å². The first kappa shape index (κ1) is 10.8. The van der Waals surface area contributed by atoms with Crippen molar-refractivity contribution >= 4 is 11.6 Å². The Balaban J connectivity index is 1.89. The maximum absolute atomic E-state index is 5.94. The van der Waals surface area contributed by atoms with Crippen LogP contribution in [0.1, 0.15) is 18.4 Å². The van der Waals surface area contributed by atoms with Crippen LogP contribution in [0.3, 0.4) is 0 Å². The molecule has 0 radical (unpaired) electrons. The van der Waals surface area contributed by atoms with Crippen LogP contribution in [0.15, 0.2) is 18.2 Å². The van der Waals surface area contributed by atoms with Gasteiger partial charge in [0, 0.05) is 11.1 Å². The van der Waals surface area contributed by atoms with Crippen LogP contribution in [-0.4, -0.2) is 12.6 Å². The van der Waals surface area contributed by atoms with Gasteiger partial charge in [0.05, 0.1) is 0 Å². The largest absolute Gasteiger partial charge is 0.492 e. The lowest BCUT2D eigenvalue weighted by Crippen LogP contribution is -2.29. The zero-order valence-corrected chi connectivity index (χ0v) is 9.63. The summed E-state index contributed by atoms with van der Waals surface area (Å²) in [6.45, 7) is 2.57. The predicted octanol–water partition coefficient (Wildman–Crippen LogP) is 2.76. The number of nitrogens with two attached hydrogens (primary N) is 1. The van der Waals surface area contributed by atoms with Gasteiger partial charge >= 0.3 is 0 Å². The van der Waals surface area contributed by atoms with E-state index >= 15 is 0 Å². The van der Waals surface area contributed by atoms with E-state index < -0.39 is 0 Å². The van der Waals surface area contributed by atoms with Crippen molar-refractivity contribution in [2.24, 2.45) is 11.7 Å². The first-order valence-electron chi connectivity index (χ1n) is 5.31. The molecule has 0 spiro atoms. The second-order valence-electron chi connectivity index (χ2n) is 4.22. The molecule has 1 aromatic rings. The molecule has 0 unspecified atom stereocenters. The summed E-state index contributed by atoms with van der Waals surface area (Å²) in [5.41, 5.74) is 6.98. The third kappa shape index (κ3) is 2.86. The molecule has 1 aliphatic rings. The number of benzene rings is 1. The molecular weight excluding hydrogens is 210 g/mol. The van der Waals surface area contributed by atoms with Gasteiger partial charge in [-0.2, -0.15) is 0 Å². The highest BCUT2D eigenvalue weighted by atomic mass is 35.5. The zero-order chi connectivity index (χ0) is 10.8. The Labute approximate surface area is 95.4 Å². The molecule has 1 atom stereocenters. The van der Waals surface area contributed by atoms with Gasteiger partial charge < -0.3 is 10.5 Å². The summed E-state index contributed by atoms with van der Waals surface area (Å²) in [6.07, 6.45) is 2.51. The van der Waals surface area contributed by atoms with E-state index in [1.807, 2.05) is 25.1 Å². The average molecular weight is 226 g/mol. The Bertz CT molecular complexity index is 349. The summed E-state index contributed by atoms with van der Waals surface area (Å²) in [7, 11) is 0. The summed E-state index contributed by atoms with van der Waals surface area (Å²) in [5.74, 6) is 1.53. The quantitative estimate of drug-likeness (QED) is 0.855. The first-order valence-corrected chi connectivity index (χ1v) is 5.69. The topological polar surface area (TPSA) is 35.2 Å². The number of halogens is 1. The standard InChI is InChI=1S/C12H16ClNO/c1-8-6-10(4-5-11(8)13)15-7-12(14)9-2-3-9/h4-6,9,12H,2-3,7,14H2,1H3/t12-/m1/s1. The summed E-state index contributed by atoms with van der Waals surface area (Å²) < 4.78 is 5.62. The van der Waals surface area contributed by atoms with Gasteiger partial charge in [-0.25, -0.2) is 0 Å². The maximum atomic E-state index is 5.94. The lowest BCUT2D eigenvalue weighted by atomic mass is 10.2. The fourth-order valence-electron chi connectivity index (χ4n) is 1.56. The van der Waals surface area contributed by atoms with Gasteiger partial charge in [-0.1, -0.05) is 11.6 Å². The monoisotopic (exact) mass is 225 g/mol. The maximum Gasteiger partial charge on any atom is 0.119 e. The average Bonchev–Trinajstić information content (AvgIpc) is 3.03. The molecule has 0 bridgehead atoms. The van der Waals surface area contributed by atoms with Gasteiger partial charge in [-0.15, -0.1) is 0 Å².